The zero-order chi connectivity index (χ0) is 26.8. The van der Waals surface area contributed by atoms with Gasteiger partial charge in [-0.05, 0) is 25.2 Å². The van der Waals surface area contributed by atoms with Crippen molar-refractivity contribution in [2.45, 2.75) is 59.2 Å². The third kappa shape index (κ3) is 8.58. The molecule has 1 fully saturated rings. The second-order valence-electron chi connectivity index (χ2n) is 9.24. The number of hydrogen-bond donors (Lipinski definition) is 4. The van der Waals surface area contributed by atoms with E-state index in [4.69, 9.17) is 4.74 Å². The van der Waals surface area contributed by atoms with Gasteiger partial charge in [0.2, 0.25) is 17.7 Å². The van der Waals surface area contributed by atoms with Crippen molar-refractivity contribution < 1.29 is 28.7 Å². The van der Waals surface area contributed by atoms with Crippen molar-refractivity contribution in [2.24, 2.45) is 17.8 Å². The fourth-order valence-electron chi connectivity index (χ4n) is 3.47. The highest BCUT2D eigenvalue weighted by Gasteiger charge is 2.33. The SMILES string of the molecule is C/C=C1\NC(=O)[C@H]2CSSCC/C=C/C(COC(=O)[C@H](C(C)C)NC1=O)C(=O)N[C@H](C(C)C)C(=O)N2. The lowest BCUT2D eigenvalue weighted by atomic mass is 10.0. The Morgan fingerprint density at radius 3 is 2.25 bits per heavy atom. The van der Waals surface area contributed by atoms with Gasteiger partial charge in [0.25, 0.3) is 5.91 Å². The van der Waals surface area contributed by atoms with Gasteiger partial charge in [0, 0.05) is 11.5 Å². The van der Waals surface area contributed by atoms with Crippen LogP contribution < -0.4 is 21.3 Å². The van der Waals surface area contributed by atoms with Crippen LogP contribution in [0.2, 0.25) is 0 Å². The van der Waals surface area contributed by atoms with Crippen molar-refractivity contribution >= 4 is 51.2 Å². The number of rotatable bonds is 2. The molecule has 4 atom stereocenters. The van der Waals surface area contributed by atoms with Gasteiger partial charge in [-0.3, -0.25) is 19.2 Å². The van der Waals surface area contributed by atoms with Gasteiger partial charge in [-0.2, -0.15) is 0 Å². The first-order chi connectivity index (χ1) is 17.0. The van der Waals surface area contributed by atoms with Crippen LogP contribution in [0.3, 0.4) is 0 Å². The summed E-state index contributed by atoms with van der Waals surface area (Å²) >= 11 is 0. The third-order valence-electron chi connectivity index (χ3n) is 5.67. The topological polar surface area (TPSA) is 143 Å². The van der Waals surface area contributed by atoms with Gasteiger partial charge in [-0.1, -0.05) is 67.5 Å². The molecule has 10 nitrogen and oxygen atoms in total. The maximum absolute atomic E-state index is 13.2. The lowest BCUT2D eigenvalue weighted by Gasteiger charge is -2.28. The maximum atomic E-state index is 13.2. The molecule has 12 heteroatoms. The molecular formula is C24H36N4O6S2. The summed E-state index contributed by atoms with van der Waals surface area (Å²) in [5.41, 5.74) is -0.0434. The number of amides is 4. The summed E-state index contributed by atoms with van der Waals surface area (Å²) in [6.07, 6.45) is 5.61. The number of carbonyl (C=O) groups excluding carboxylic acids is 5. The van der Waals surface area contributed by atoms with Crippen molar-refractivity contribution in [3.63, 3.8) is 0 Å². The van der Waals surface area contributed by atoms with E-state index in [-0.39, 0.29) is 29.9 Å². The van der Waals surface area contributed by atoms with E-state index in [0.717, 1.165) is 0 Å². The molecule has 2 heterocycles. The Balaban J connectivity index is 2.54. The van der Waals surface area contributed by atoms with Crippen LogP contribution in [0.15, 0.2) is 23.9 Å². The molecule has 4 amide bonds. The molecule has 2 aliphatic rings. The monoisotopic (exact) mass is 540 g/mol. The van der Waals surface area contributed by atoms with E-state index in [1.165, 1.54) is 27.7 Å². The summed E-state index contributed by atoms with van der Waals surface area (Å²) in [6.45, 7) is 8.41. The summed E-state index contributed by atoms with van der Waals surface area (Å²) in [4.78, 5) is 65.3. The number of fused-ring (bicyclic) bond motifs is 6. The number of ether oxygens (including phenoxy) is 1. The molecular weight excluding hydrogens is 504 g/mol. The molecule has 2 rings (SSSR count). The first kappa shape index (κ1) is 29.8. The van der Waals surface area contributed by atoms with Crippen molar-refractivity contribution in [1.29, 1.82) is 0 Å². The first-order valence-corrected chi connectivity index (χ1v) is 14.5. The van der Waals surface area contributed by atoms with Crippen molar-refractivity contribution in [2.75, 3.05) is 18.1 Å². The van der Waals surface area contributed by atoms with Crippen LogP contribution >= 0.6 is 21.6 Å². The largest absolute Gasteiger partial charge is 0.463 e. The Hall–Kier alpha value is -2.47. The zero-order valence-electron chi connectivity index (χ0n) is 21.3. The number of cyclic esters (lactones) is 1. The number of allylic oxidation sites excluding steroid dienone is 2. The zero-order valence-corrected chi connectivity index (χ0v) is 22.9. The molecule has 1 saturated heterocycles. The Morgan fingerprint density at radius 1 is 0.917 bits per heavy atom. The minimum Gasteiger partial charge on any atom is -0.463 e. The van der Waals surface area contributed by atoms with E-state index < -0.39 is 53.6 Å². The first-order valence-electron chi connectivity index (χ1n) is 12.0. The molecule has 0 aromatic heterocycles. The van der Waals surface area contributed by atoms with E-state index in [0.29, 0.717) is 12.2 Å². The minimum absolute atomic E-state index is 0.0434. The molecule has 4 N–H and O–H groups in total. The van der Waals surface area contributed by atoms with Crippen LogP contribution in [0, 0.1) is 17.8 Å². The minimum atomic E-state index is -0.991. The lowest BCUT2D eigenvalue weighted by Crippen LogP contribution is -2.57. The summed E-state index contributed by atoms with van der Waals surface area (Å²) < 4.78 is 5.46. The summed E-state index contributed by atoms with van der Waals surface area (Å²) in [7, 11) is 2.96. The highest BCUT2D eigenvalue weighted by atomic mass is 33.1. The summed E-state index contributed by atoms with van der Waals surface area (Å²) in [6, 6.07) is -2.86. The van der Waals surface area contributed by atoms with Gasteiger partial charge in [0.15, 0.2) is 0 Å². The second-order valence-corrected chi connectivity index (χ2v) is 11.9. The van der Waals surface area contributed by atoms with Crippen LogP contribution in [0.25, 0.3) is 0 Å². The van der Waals surface area contributed by atoms with Crippen molar-refractivity contribution in [3.8, 4) is 0 Å². The van der Waals surface area contributed by atoms with E-state index >= 15 is 0 Å². The van der Waals surface area contributed by atoms with Crippen molar-refractivity contribution in [3.05, 3.63) is 23.9 Å². The van der Waals surface area contributed by atoms with Crippen LogP contribution in [-0.2, 0) is 28.7 Å². The molecule has 0 saturated carbocycles. The quantitative estimate of drug-likeness (QED) is 0.178. The number of nitrogens with one attached hydrogen (secondary N) is 4. The van der Waals surface area contributed by atoms with Gasteiger partial charge >= 0.3 is 5.97 Å². The molecule has 2 aliphatic heterocycles. The molecule has 0 spiro atoms. The van der Waals surface area contributed by atoms with Crippen molar-refractivity contribution in [1.82, 2.24) is 21.3 Å². The number of hydrogen-bond acceptors (Lipinski definition) is 8. The second kappa shape index (κ2) is 14.3. The van der Waals surface area contributed by atoms with Crippen LogP contribution in [0.1, 0.15) is 41.0 Å². The summed E-state index contributed by atoms with van der Waals surface area (Å²) in [5.74, 6) is -3.36. The van der Waals surface area contributed by atoms with Gasteiger partial charge in [-0.25, -0.2) is 4.79 Å². The van der Waals surface area contributed by atoms with E-state index in [1.54, 1.807) is 40.7 Å². The Morgan fingerprint density at radius 2 is 1.61 bits per heavy atom. The highest BCUT2D eigenvalue weighted by molar-refractivity contribution is 8.76. The lowest BCUT2D eigenvalue weighted by molar-refractivity contribution is -0.151. The average Bonchev–Trinajstić information content (AvgIpc) is 2.82. The predicted molar refractivity (Wildman–Crippen MR) is 140 cm³/mol. The third-order valence-corrected chi connectivity index (χ3v) is 8.12. The maximum Gasteiger partial charge on any atom is 0.328 e. The molecule has 0 radical (unpaired) electrons. The van der Waals surface area contributed by atoms with Gasteiger partial charge in [0.1, 0.15) is 30.4 Å². The molecule has 36 heavy (non-hydrogen) atoms. The Labute approximate surface area is 220 Å². The Kier molecular flexibility index (Phi) is 11.8. The average molecular weight is 541 g/mol. The standard InChI is InChI=1S/C24H36N4O6S2/c1-6-16-21(30)28-19(14(4)5)24(33)34-11-15-9-7-8-10-35-36-12-17(22(31)25-16)26-23(32)18(13(2)3)27-20(15)29/h6-7,9,13-15,17-19H,8,10-12H2,1-5H3,(H,25,31)(H,26,32)(H,27,29)(H,28,30)/b9-7+,16-6-/t15?,17-,18-,19+/m1/s1. The number of esters is 1. The van der Waals surface area contributed by atoms with Gasteiger partial charge < -0.3 is 26.0 Å². The summed E-state index contributed by atoms with van der Waals surface area (Å²) in [5, 5.41) is 10.7. The smallest absolute Gasteiger partial charge is 0.328 e. The van der Waals surface area contributed by atoms with E-state index in [2.05, 4.69) is 21.3 Å². The molecule has 0 aromatic rings. The predicted octanol–water partition coefficient (Wildman–Crippen LogP) is 1.29. The van der Waals surface area contributed by atoms with Crippen LogP contribution in [-0.4, -0.2) is 65.8 Å². The molecule has 1 unspecified atom stereocenters. The molecule has 0 aliphatic carbocycles. The van der Waals surface area contributed by atoms with Gasteiger partial charge in [0.05, 0.1) is 5.92 Å². The van der Waals surface area contributed by atoms with Crippen LogP contribution in [0.5, 0.6) is 0 Å². The highest BCUT2D eigenvalue weighted by Crippen LogP contribution is 2.24. The molecule has 2 bridgehead atoms. The molecule has 0 aromatic carbocycles. The fraction of sp³-hybridized carbons (Fsp3) is 0.625. The van der Waals surface area contributed by atoms with Crippen LogP contribution in [0.4, 0.5) is 0 Å². The van der Waals surface area contributed by atoms with E-state index in [1.807, 2.05) is 6.08 Å². The number of carbonyl (C=O) groups is 5. The fourth-order valence-corrected chi connectivity index (χ4v) is 5.62. The van der Waals surface area contributed by atoms with E-state index in [9.17, 15) is 24.0 Å². The van der Waals surface area contributed by atoms with Gasteiger partial charge in [-0.15, -0.1) is 0 Å². The normalized spacial score (nSPS) is 29.6. The Bertz CT molecular complexity index is 905. The molecule has 200 valence electrons.